The molecule has 3 heterocycles. The van der Waals surface area contributed by atoms with Gasteiger partial charge in [0, 0.05) is 24.9 Å². The third-order valence-electron chi connectivity index (χ3n) is 7.16. The van der Waals surface area contributed by atoms with Gasteiger partial charge in [-0.3, -0.25) is 9.59 Å². The van der Waals surface area contributed by atoms with Crippen molar-refractivity contribution < 1.29 is 23.5 Å². The second-order valence-electron chi connectivity index (χ2n) is 9.10. The lowest BCUT2D eigenvalue weighted by Crippen LogP contribution is -2.48. The van der Waals surface area contributed by atoms with Crippen molar-refractivity contribution in [2.24, 2.45) is 0 Å². The number of benzene rings is 1. The van der Waals surface area contributed by atoms with Crippen LogP contribution in [0.1, 0.15) is 73.2 Å². The molecule has 0 bridgehead atoms. The smallest absolute Gasteiger partial charge is 0.286 e. The second kappa shape index (κ2) is 8.52. The zero-order valence-electron chi connectivity index (χ0n) is 18.5. The average molecular weight is 439 g/mol. The maximum absolute atomic E-state index is 13.3. The SMILES string of the molecule is CC1c2cc3c(cc2C2(CCCC2)CN1C(=O)CCCNC(=O)c1ccco1)OCCO3. The van der Waals surface area contributed by atoms with Crippen molar-refractivity contribution in [1.29, 1.82) is 0 Å². The molecule has 1 saturated carbocycles. The van der Waals surface area contributed by atoms with Gasteiger partial charge in [-0.15, -0.1) is 0 Å². The molecular weight excluding hydrogens is 408 g/mol. The first kappa shape index (κ1) is 20.9. The third kappa shape index (κ3) is 3.74. The molecule has 1 unspecified atom stereocenters. The summed E-state index contributed by atoms with van der Waals surface area (Å²) in [6.45, 7) is 4.42. The largest absolute Gasteiger partial charge is 0.486 e. The number of furan rings is 1. The first-order valence-corrected chi connectivity index (χ1v) is 11.6. The number of ether oxygens (including phenoxy) is 2. The van der Waals surface area contributed by atoms with Gasteiger partial charge in [-0.25, -0.2) is 0 Å². The van der Waals surface area contributed by atoms with Crippen molar-refractivity contribution in [3.63, 3.8) is 0 Å². The number of fused-ring (bicyclic) bond motifs is 3. The van der Waals surface area contributed by atoms with Crippen LogP contribution in [0.25, 0.3) is 0 Å². The lowest BCUT2D eigenvalue weighted by Gasteiger charge is -2.46. The predicted molar refractivity (Wildman–Crippen MR) is 118 cm³/mol. The molecule has 170 valence electrons. The highest BCUT2D eigenvalue weighted by Gasteiger charge is 2.46. The van der Waals surface area contributed by atoms with Gasteiger partial charge in [-0.2, -0.15) is 0 Å². The van der Waals surface area contributed by atoms with Crippen molar-refractivity contribution in [2.45, 2.75) is 56.9 Å². The van der Waals surface area contributed by atoms with E-state index in [0.29, 0.717) is 32.6 Å². The molecular formula is C25H30N2O5. The van der Waals surface area contributed by atoms with Gasteiger partial charge < -0.3 is 24.1 Å². The maximum atomic E-state index is 13.3. The molecule has 1 spiro atoms. The van der Waals surface area contributed by atoms with E-state index in [-0.39, 0.29) is 29.0 Å². The topological polar surface area (TPSA) is 81.0 Å². The van der Waals surface area contributed by atoms with Crippen LogP contribution in [0.3, 0.4) is 0 Å². The highest BCUT2D eigenvalue weighted by atomic mass is 16.6. The highest BCUT2D eigenvalue weighted by molar-refractivity contribution is 5.91. The second-order valence-corrected chi connectivity index (χ2v) is 9.10. The summed E-state index contributed by atoms with van der Waals surface area (Å²) in [7, 11) is 0. The Morgan fingerprint density at radius 2 is 1.91 bits per heavy atom. The Bertz CT molecular complexity index is 994. The summed E-state index contributed by atoms with van der Waals surface area (Å²) in [6, 6.07) is 7.57. The summed E-state index contributed by atoms with van der Waals surface area (Å²) >= 11 is 0. The number of carbonyl (C=O) groups is 2. The molecule has 1 atom stereocenters. The molecule has 7 heteroatoms. The minimum Gasteiger partial charge on any atom is -0.486 e. The number of hydrogen-bond acceptors (Lipinski definition) is 5. The van der Waals surface area contributed by atoms with Crippen molar-refractivity contribution in [3.05, 3.63) is 47.4 Å². The van der Waals surface area contributed by atoms with E-state index >= 15 is 0 Å². The summed E-state index contributed by atoms with van der Waals surface area (Å²) in [5, 5.41) is 2.82. The Hall–Kier alpha value is -2.96. The number of nitrogens with one attached hydrogen (secondary N) is 1. The standard InChI is InChI=1S/C25H30N2O5/c1-17-18-14-21-22(32-13-12-31-21)15-19(18)25(8-2-3-9-25)16-27(17)23(28)7-4-10-26-24(29)20-6-5-11-30-20/h5-6,11,14-15,17H,2-4,7-10,12-13,16H2,1H3,(H,26,29). The van der Waals surface area contributed by atoms with Crippen molar-refractivity contribution in [2.75, 3.05) is 26.3 Å². The van der Waals surface area contributed by atoms with Gasteiger partial charge in [-0.1, -0.05) is 12.8 Å². The Labute approximate surface area is 188 Å². The van der Waals surface area contributed by atoms with E-state index in [0.717, 1.165) is 30.9 Å². The van der Waals surface area contributed by atoms with Crippen LogP contribution in [0.2, 0.25) is 0 Å². The van der Waals surface area contributed by atoms with E-state index in [1.54, 1.807) is 12.1 Å². The van der Waals surface area contributed by atoms with Crippen molar-refractivity contribution in [1.82, 2.24) is 10.2 Å². The first-order valence-electron chi connectivity index (χ1n) is 11.6. The molecule has 0 radical (unpaired) electrons. The van der Waals surface area contributed by atoms with Crippen molar-refractivity contribution >= 4 is 11.8 Å². The summed E-state index contributed by atoms with van der Waals surface area (Å²) in [6.07, 6.45) is 7.02. The summed E-state index contributed by atoms with van der Waals surface area (Å²) in [5.41, 5.74) is 2.52. The summed E-state index contributed by atoms with van der Waals surface area (Å²) in [4.78, 5) is 27.3. The fourth-order valence-electron chi connectivity index (χ4n) is 5.49. The molecule has 1 N–H and O–H groups in total. The van der Waals surface area contributed by atoms with Crippen LogP contribution in [0.5, 0.6) is 11.5 Å². The Kier molecular flexibility index (Phi) is 5.57. The lowest BCUT2D eigenvalue weighted by molar-refractivity contribution is -0.135. The van der Waals surface area contributed by atoms with Gasteiger partial charge in [-0.05, 0) is 61.6 Å². The molecule has 32 heavy (non-hydrogen) atoms. The Morgan fingerprint density at radius 1 is 1.16 bits per heavy atom. The third-order valence-corrected chi connectivity index (χ3v) is 7.16. The van der Waals surface area contributed by atoms with Gasteiger partial charge >= 0.3 is 0 Å². The van der Waals surface area contributed by atoms with E-state index in [1.165, 1.54) is 30.2 Å². The quantitative estimate of drug-likeness (QED) is 0.715. The minimum atomic E-state index is -0.250. The molecule has 1 aliphatic carbocycles. The molecule has 1 aromatic carbocycles. The van der Waals surface area contributed by atoms with Crippen LogP contribution >= 0.6 is 0 Å². The van der Waals surface area contributed by atoms with Crippen LogP contribution < -0.4 is 14.8 Å². The van der Waals surface area contributed by atoms with E-state index in [1.807, 2.05) is 4.90 Å². The average Bonchev–Trinajstić information content (AvgIpc) is 3.51. The molecule has 5 rings (SSSR count). The lowest BCUT2D eigenvalue weighted by atomic mass is 9.71. The van der Waals surface area contributed by atoms with E-state index in [2.05, 4.69) is 24.4 Å². The number of rotatable bonds is 5. The minimum absolute atomic E-state index is 0.000837. The Balaban J connectivity index is 1.29. The number of carbonyl (C=O) groups excluding carboxylic acids is 2. The molecule has 1 fully saturated rings. The van der Waals surface area contributed by atoms with Gasteiger partial charge in [0.25, 0.3) is 5.91 Å². The number of nitrogens with zero attached hydrogens (tertiary/aromatic N) is 1. The predicted octanol–water partition coefficient (Wildman–Crippen LogP) is 3.98. The Morgan fingerprint density at radius 3 is 2.62 bits per heavy atom. The normalized spacial score (nSPS) is 20.8. The van der Waals surface area contributed by atoms with Crippen LogP contribution in [0.4, 0.5) is 0 Å². The van der Waals surface area contributed by atoms with Crippen LogP contribution in [-0.2, 0) is 10.2 Å². The summed E-state index contributed by atoms with van der Waals surface area (Å²) in [5.74, 6) is 1.79. The van der Waals surface area contributed by atoms with Gasteiger partial charge in [0.15, 0.2) is 17.3 Å². The van der Waals surface area contributed by atoms with Gasteiger partial charge in [0.1, 0.15) is 13.2 Å². The maximum Gasteiger partial charge on any atom is 0.286 e. The molecule has 2 aromatic rings. The monoisotopic (exact) mass is 438 g/mol. The molecule has 2 aliphatic heterocycles. The van der Waals surface area contributed by atoms with Crippen molar-refractivity contribution in [3.8, 4) is 11.5 Å². The fraction of sp³-hybridized carbons (Fsp3) is 0.520. The van der Waals surface area contributed by atoms with Crippen LogP contribution in [0, 0.1) is 0 Å². The highest BCUT2D eigenvalue weighted by Crippen LogP contribution is 2.52. The molecule has 1 aromatic heterocycles. The number of amides is 2. The van der Waals surface area contributed by atoms with E-state index in [9.17, 15) is 9.59 Å². The molecule has 7 nitrogen and oxygen atoms in total. The van der Waals surface area contributed by atoms with E-state index in [4.69, 9.17) is 13.9 Å². The number of hydrogen-bond donors (Lipinski definition) is 1. The zero-order chi connectivity index (χ0) is 22.1. The van der Waals surface area contributed by atoms with Crippen LogP contribution in [0.15, 0.2) is 34.9 Å². The van der Waals surface area contributed by atoms with E-state index < -0.39 is 0 Å². The zero-order valence-corrected chi connectivity index (χ0v) is 18.5. The summed E-state index contributed by atoms with van der Waals surface area (Å²) < 4.78 is 16.8. The molecule has 0 saturated heterocycles. The molecule has 2 amide bonds. The fourth-order valence-corrected chi connectivity index (χ4v) is 5.49. The molecule has 3 aliphatic rings. The van der Waals surface area contributed by atoms with Gasteiger partial charge in [0.05, 0.1) is 12.3 Å². The van der Waals surface area contributed by atoms with Crippen LogP contribution in [-0.4, -0.2) is 43.0 Å². The van der Waals surface area contributed by atoms with Gasteiger partial charge in [0.2, 0.25) is 5.91 Å². The first-order chi connectivity index (χ1) is 15.6.